The molecule has 7 heteroatoms. The second-order valence-corrected chi connectivity index (χ2v) is 7.86. The van der Waals surface area contributed by atoms with Crippen LogP contribution in [-0.2, 0) is 0 Å². The molecule has 5 rings (SSSR count). The van der Waals surface area contributed by atoms with Crippen LogP contribution in [0.2, 0.25) is 0 Å². The third-order valence-corrected chi connectivity index (χ3v) is 5.84. The molecule has 2 N–H and O–H groups in total. The molecule has 29 heavy (non-hydrogen) atoms. The van der Waals surface area contributed by atoms with Gasteiger partial charge in [-0.1, -0.05) is 13.0 Å². The van der Waals surface area contributed by atoms with Crippen molar-refractivity contribution in [3.05, 3.63) is 60.2 Å². The molecule has 1 fully saturated rings. The van der Waals surface area contributed by atoms with E-state index >= 15 is 0 Å². The van der Waals surface area contributed by atoms with Crippen molar-refractivity contribution in [3.8, 4) is 5.75 Å². The first-order valence-electron chi connectivity index (χ1n) is 10.1. The van der Waals surface area contributed by atoms with Crippen LogP contribution in [0.4, 0.5) is 10.2 Å². The van der Waals surface area contributed by atoms with E-state index < -0.39 is 0 Å². The van der Waals surface area contributed by atoms with Gasteiger partial charge in [0, 0.05) is 17.5 Å². The Morgan fingerprint density at radius 2 is 2.07 bits per heavy atom. The van der Waals surface area contributed by atoms with Crippen molar-refractivity contribution < 1.29 is 9.13 Å². The van der Waals surface area contributed by atoms with E-state index in [1.807, 2.05) is 19.2 Å². The molecule has 2 aliphatic rings. The maximum absolute atomic E-state index is 14.1. The standard InChI is InChI=1S/C22H24FN5O/c1-13-16-11-15(23)7-8-19(16)29-20-6-4-3-5-18(20)25-14(2)17-12-24-28-10-9-21(26-13)27-22(17)28/h7-13,18,20,25H,2-6H2,1H3,(H,26,27)/t13-,18+,20+/m1/s1. The Balaban J connectivity index is 1.64. The van der Waals surface area contributed by atoms with Crippen molar-refractivity contribution in [2.24, 2.45) is 0 Å². The highest BCUT2D eigenvalue weighted by Crippen LogP contribution is 2.33. The Labute approximate surface area is 168 Å². The van der Waals surface area contributed by atoms with Crippen LogP contribution in [-0.4, -0.2) is 26.7 Å². The maximum Gasteiger partial charge on any atom is 0.166 e. The van der Waals surface area contributed by atoms with Gasteiger partial charge in [-0.3, -0.25) is 0 Å². The highest BCUT2D eigenvalue weighted by Gasteiger charge is 2.29. The molecule has 0 radical (unpaired) electrons. The first-order valence-corrected chi connectivity index (χ1v) is 10.1. The monoisotopic (exact) mass is 393 g/mol. The molecule has 1 aromatic carbocycles. The number of halogens is 1. The second kappa shape index (κ2) is 7.06. The number of aromatic nitrogens is 3. The van der Waals surface area contributed by atoms with Crippen molar-refractivity contribution in [1.82, 2.24) is 19.9 Å². The summed E-state index contributed by atoms with van der Waals surface area (Å²) >= 11 is 0. The van der Waals surface area contributed by atoms with Crippen molar-refractivity contribution in [2.75, 3.05) is 5.32 Å². The molecule has 150 valence electrons. The largest absolute Gasteiger partial charge is 0.488 e. The van der Waals surface area contributed by atoms with Crippen molar-refractivity contribution in [2.45, 2.75) is 50.8 Å². The van der Waals surface area contributed by atoms with E-state index in [-0.39, 0.29) is 24.0 Å². The van der Waals surface area contributed by atoms with Gasteiger partial charge in [-0.15, -0.1) is 0 Å². The molecule has 0 spiro atoms. The molecule has 0 saturated heterocycles. The molecular formula is C22H24FN5O. The summed E-state index contributed by atoms with van der Waals surface area (Å²) in [6.07, 6.45) is 7.81. The summed E-state index contributed by atoms with van der Waals surface area (Å²) in [5, 5.41) is 11.3. The smallest absolute Gasteiger partial charge is 0.166 e. The summed E-state index contributed by atoms with van der Waals surface area (Å²) in [5.74, 6) is 1.11. The Morgan fingerprint density at radius 1 is 1.21 bits per heavy atom. The van der Waals surface area contributed by atoms with Crippen molar-refractivity contribution >= 4 is 17.2 Å². The van der Waals surface area contributed by atoms with Crippen LogP contribution in [0.15, 0.2) is 43.2 Å². The fourth-order valence-corrected chi connectivity index (χ4v) is 4.29. The van der Waals surface area contributed by atoms with Crippen LogP contribution in [0.1, 0.15) is 49.8 Å². The van der Waals surface area contributed by atoms with E-state index in [4.69, 9.17) is 9.72 Å². The van der Waals surface area contributed by atoms with Crippen LogP contribution >= 0.6 is 0 Å². The maximum atomic E-state index is 14.1. The lowest BCUT2D eigenvalue weighted by atomic mass is 9.91. The number of hydrogen-bond donors (Lipinski definition) is 2. The topological polar surface area (TPSA) is 63.5 Å². The average molecular weight is 393 g/mol. The Hall–Kier alpha value is -3.09. The van der Waals surface area contributed by atoms with Crippen LogP contribution in [0.5, 0.6) is 5.75 Å². The Bertz CT molecular complexity index is 1080. The van der Waals surface area contributed by atoms with E-state index in [2.05, 4.69) is 22.3 Å². The summed E-state index contributed by atoms with van der Waals surface area (Å²) in [4.78, 5) is 4.73. The normalized spacial score (nSPS) is 24.2. The van der Waals surface area contributed by atoms with Gasteiger partial charge in [0.1, 0.15) is 23.5 Å². The number of anilines is 1. The number of hydrogen-bond acceptors (Lipinski definition) is 5. The van der Waals surface area contributed by atoms with Gasteiger partial charge < -0.3 is 15.4 Å². The molecule has 2 aromatic heterocycles. The van der Waals surface area contributed by atoms with Gasteiger partial charge in [0.05, 0.1) is 23.8 Å². The summed E-state index contributed by atoms with van der Waals surface area (Å²) in [7, 11) is 0. The van der Waals surface area contributed by atoms with E-state index in [0.29, 0.717) is 11.6 Å². The first-order chi connectivity index (χ1) is 14.1. The van der Waals surface area contributed by atoms with Crippen LogP contribution in [0, 0.1) is 5.82 Å². The number of benzene rings is 1. The fourth-order valence-electron chi connectivity index (χ4n) is 4.29. The number of ether oxygens (including phenoxy) is 1. The quantitative estimate of drug-likeness (QED) is 0.596. The predicted molar refractivity (Wildman–Crippen MR) is 110 cm³/mol. The summed E-state index contributed by atoms with van der Waals surface area (Å²) in [6, 6.07) is 6.53. The Kier molecular flexibility index (Phi) is 4.38. The van der Waals surface area contributed by atoms with Crippen LogP contribution in [0.3, 0.4) is 0 Å². The van der Waals surface area contributed by atoms with Gasteiger partial charge in [-0.2, -0.15) is 5.10 Å². The van der Waals surface area contributed by atoms with E-state index in [1.54, 1.807) is 22.8 Å². The average Bonchev–Trinajstić information content (AvgIpc) is 3.13. The predicted octanol–water partition coefficient (Wildman–Crippen LogP) is 4.31. The molecule has 0 unspecified atom stereocenters. The molecule has 1 saturated carbocycles. The summed E-state index contributed by atoms with van der Waals surface area (Å²) in [6.45, 7) is 6.23. The molecule has 6 nitrogen and oxygen atoms in total. The highest BCUT2D eigenvalue weighted by atomic mass is 19.1. The summed E-state index contributed by atoms with van der Waals surface area (Å²) in [5.41, 5.74) is 3.17. The zero-order valence-corrected chi connectivity index (χ0v) is 16.4. The Morgan fingerprint density at radius 3 is 2.97 bits per heavy atom. The van der Waals surface area contributed by atoms with Gasteiger partial charge in [0.25, 0.3) is 0 Å². The lowest BCUT2D eigenvalue weighted by molar-refractivity contribution is 0.120. The second-order valence-electron chi connectivity index (χ2n) is 7.86. The number of nitrogens with zero attached hydrogens (tertiary/aromatic N) is 3. The molecular weight excluding hydrogens is 369 g/mol. The van der Waals surface area contributed by atoms with Gasteiger partial charge in [0.2, 0.25) is 0 Å². The SMILES string of the molecule is C=C1N[C@H]2CCCC[C@@H]2Oc2ccc(F)cc2[C@@H](C)Nc2ccn3ncc1c3n2. The first kappa shape index (κ1) is 18.0. The molecule has 3 aromatic rings. The van der Waals surface area contributed by atoms with E-state index in [9.17, 15) is 4.39 Å². The van der Waals surface area contributed by atoms with Gasteiger partial charge in [-0.25, -0.2) is 13.9 Å². The highest BCUT2D eigenvalue weighted by molar-refractivity contribution is 5.74. The molecule has 2 bridgehead atoms. The van der Waals surface area contributed by atoms with Crippen molar-refractivity contribution in [1.29, 1.82) is 0 Å². The van der Waals surface area contributed by atoms with E-state index in [1.165, 1.54) is 6.07 Å². The molecule has 3 atom stereocenters. The lowest BCUT2D eigenvalue weighted by Crippen LogP contribution is -2.44. The number of fused-ring (bicyclic) bond motifs is 3. The van der Waals surface area contributed by atoms with Gasteiger partial charge in [-0.05, 0) is 50.5 Å². The summed E-state index contributed by atoms with van der Waals surface area (Å²) < 4.78 is 22.2. The van der Waals surface area contributed by atoms with Crippen molar-refractivity contribution in [3.63, 3.8) is 0 Å². The van der Waals surface area contributed by atoms with E-state index in [0.717, 1.165) is 48.2 Å². The fraction of sp³-hybridized carbons (Fsp3) is 0.364. The molecule has 3 heterocycles. The zero-order chi connectivity index (χ0) is 20.0. The number of rotatable bonds is 0. The van der Waals surface area contributed by atoms with Crippen LogP contribution in [0.25, 0.3) is 11.3 Å². The molecule has 1 aliphatic heterocycles. The third kappa shape index (κ3) is 3.30. The van der Waals surface area contributed by atoms with Crippen LogP contribution < -0.4 is 15.4 Å². The third-order valence-electron chi connectivity index (χ3n) is 5.84. The number of nitrogens with one attached hydrogen (secondary N) is 2. The zero-order valence-electron chi connectivity index (χ0n) is 16.4. The minimum atomic E-state index is -0.279. The van der Waals surface area contributed by atoms with Gasteiger partial charge >= 0.3 is 0 Å². The minimum absolute atomic E-state index is 0.0141. The molecule has 1 aliphatic carbocycles. The van der Waals surface area contributed by atoms with Gasteiger partial charge in [0.15, 0.2) is 5.65 Å². The lowest BCUT2D eigenvalue weighted by Gasteiger charge is -2.34. The molecule has 0 amide bonds. The minimum Gasteiger partial charge on any atom is -0.488 e.